The summed E-state index contributed by atoms with van der Waals surface area (Å²) in [5.74, 6) is -0.572. The molecular weight excluding hydrogens is 127 g/mol. The van der Waals surface area contributed by atoms with E-state index >= 15 is 0 Å². The molecule has 1 rings (SSSR count). The van der Waals surface area contributed by atoms with Crippen LogP contribution < -0.4 is 34.7 Å². The first-order valence-corrected chi connectivity index (χ1v) is 2.79. The summed E-state index contributed by atoms with van der Waals surface area (Å²) in [6, 6.07) is 0. The van der Waals surface area contributed by atoms with Crippen LogP contribution in [-0.4, -0.2) is 5.97 Å². The second kappa shape index (κ2) is 2.60. The largest absolute Gasteiger partial charge is 1.00 e. The van der Waals surface area contributed by atoms with E-state index in [1.807, 2.05) is 6.92 Å². The fourth-order valence-electron chi connectivity index (χ4n) is 0.862. The van der Waals surface area contributed by atoms with Gasteiger partial charge in [-0.3, -0.25) is 0 Å². The van der Waals surface area contributed by atoms with Gasteiger partial charge in [-0.05, 0) is 12.3 Å². The molecular formula is C6H9NaO2. The van der Waals surface area contributed by atoms with Crippen LogP contribution in [0.25, 0.3) is 0 Å². The molecule has 0 aliphatic heterocycles. The summed E-state index contributed by atoms with van der Waals surface area (Å²) in [6.45, 7) is 3.66. The summed E-state index contributed by atoms with van der Waals surface area (Å²) >= 11 is 0. The molecule has 0 aromatic heterocycles. The van der Waals surface area contributed by atoms with Gasteiger partial charge in [0.2, 0.25) is 0 Å². The van der Waals surface area contributed by atoms with Crippen molar-refractivity contribution in [3.63, 3.8) is 0 Å². The first kappa shape index (κ1) is 9.47. The monoisotopic (exact) mass is 136 g/mol. The Balaban J connectivity index is 0.000000640. The normalized spacial score (nSPS) is 39.1. The smallest absolute Gasteiger partial charge is 0.550 e. The first-order chi connectivity index (χ1) is 3.57. The van der Waals surface area contributed by atoms with Gasteiger partial charge in [0, 0.05) is 11.4 Å². The van der Waals surface area contributed by atoms with Crippen LogP contribution in [0.2, 0.25) is 0 Å². The maximum atomic E-state index is 10.2. The Morgan fingerprint density at radius 3 is 2.11 bits per heavy atom. The summed E-state index contributed by atoms with van der Waals surface area (Å²) < 4.78 is 0. The second-order valence-electron chi connectivity index (χ2n) is 2.81. The Hall–Kier alpha value is 0.470. The van der Waals surface area contributed by atoms with Gasteiger partial charge in [-0.25, -0.2) is 0 Å². The van der Waals surface area contributed by atoms with Crippen molar-refractivity contribution in [3.8, 4) is 0 Å². The van der Waals surface area contributed by atoms with Crippen LogP contribution in [0.4, 0.5) is 0 Å². The van der Waals surface area contributed by atoms with Crippen molar-refractivity contribution in [3.05, 3.63) is 0 Å². The minimum atomic E-state index is -0.898. The van der Waals surface area contributed by atoms with Gasteiger partial charge in [0.25, 0.3) is 0 Å². The summed E-state index contributed by atoms with van der Waals surface area (Å²) in [5.41, 5.74) is -0.486. The molecule has 9 heavy (non-hydrogen) atoms. The number of carbonyl (C=O) groups is 1. The molecule has 0 radical (unpaired) electrons. The summed E-state index contributed by atoms with van der Waals surface area (Å²) in [4.78, 5) is 10.2. The van der Waals surface area contributed by atoms with Crippen molar-refractivity contribution in [1.29, 1.82) is 0 Å². The molecule has 46 valence electrons. The molecule has 2 atom stereocenters. The summed E-state index contributed by atoms with van der Waals surface area (Å²) in [6.07, 6.45) is 0.787. The van der Waals surface area contributed by atoms with Crippen LogP contribution in [0.15, 0.2) is 0 Å². The first-order valence-electron chi connectivity index (χ1n) is 2.79. The van der Waals surface area contributed by atoms with Gasteiger partial charge in [0.1, 0.15) is 0 Å². The van der Waals surface area contributed by atoms with Crippen LogP contribution in [0.5, 0.6) is 0 Å². The molecule has 0 bridgehead atoms. The maximum absolute atomic E-state index is 10.2. The molecule has 0 aromatic rings. The van der Waals surface area contributed by atoms with Gasteiger partial charge >= 0.3 is 29.6 Å². The number of carboxylic acid groups (broad SMARTS) is 1. The number of rotatable bonds is 1. The van der Waals surface area contributed by atoms with Crippen LogP contribution in [0, 0.1) is 11.3 Å². The number of carbonyl (C=O) groups excluding carboxylic acids is 1. The van der Waals surface area contributed by atoms with Gasteiger partial charge in [-0.1, -0.05) is 13.8 Å². The Morgan fingerprint density at radius 1 is 1.78 bits per heavy atom. The van der Waals surface area contributed by atoms with E-state index < -0.39 is 11.4 Å². The van der Waals surface area contributed by atoms with E-state index in [1.54, 1.807) is 6.92 Å². The zero-order valence-electron chi connectivity index (χ0n) is 6.10. The van der Waals surface area contributed by atoms with Crippen molar-refractivity contribution in [1.82, 2.24) is 0 Å². The fourth-order valence-corrected chi connectivity index (χ4v) is 0.862. The number of hydrogen-bond donors (Lipinski definition) is 0. The molecule has 0 amide bonds. The van der Waals surface area contributed by atoms with Crippen LogP contribution in [-0.2, 0) is 4.79 Å². The number of aliphatic carboxylic acids is 1. The molecule has 1 fully saturated rings. The van der Waals surface area contributed by atoms with Crippen molar-refractivity contribution in [2.24, 2.45) is 11.3 Å². The third-order valence-electron chi connectivity index (χ3n) is 2.12. The van der Waals surface area contributed by atoms with Gasteiger partial charge in [-0.2, -0.15) is 0 Å². The standard InChI is InChI=1S/C6H10O2.Na/c1-4-3-6(4,2)5(7)8;/h4H,3H2,1-2H3,(H,7,8);/q;+1/p-1. The minimum absolute atomic E-state index is 0. The SMILES string of the molecule is CC1CC1(C)C(=O)[O-].[Na+]. The Kier molecular flexibility index (Phi) is 2.74. The van der Waals surface area contributed by atoms with E-state index in [4.69, 9.17) is 0 Å². The van der Waals surface area contributed by atoms with E-state index in [0.717, 1.165) is 6.42 Å². The van der Waals surface area contributed by atoms with E-state index in [-0.39, 0.29) is 29.6 Å². The molecule has 1 saturated carbocycles. The van der Waals surface area contributed by atoms with Gasteiger partial charge in [0.15, 0.2) is 0 Å². The van der Waals surface area contributed by atoms with E-state index in [0.29, 0.717) is 5.92 Å². The summed E-state index contributed by atoms with van der Waals surface area (Å²) in [7, 11) is 0. The van der Waals surface area contributed by atoms with Crippen molar-refractivity contribution < 1.29 is 39.5 Å². The van der Waals surface area contributed by atoms with Crippen LogP contribution in [0.1, 0.15) is 20.3 Å². The van der Waals surface area contributed by atoms with Gasteiger partial charge < -0.3 is 9.90 Å². The second-order valence-corrected chi connectivity index (χ2v) is 2.81. The topological polar surface area (TPSA) is 40.1 Å². The van der Waals surface area contributed by atoms with Crippen LogP contribution >= 0.6 is 0 Å². The zero-order chi connectivity index (χ0) is 6.36. The molecule has 0 spiro atoms. The van der Waals surface area contributed by atoms with Crippen molar-refractivity contribution in [2.75, 3.05) is 0 Å². The third kappa shape index (κ3) is 1.48. The van der Waals surface area contributed by atoms with Crippen molar-refractivity contribution in [2.45, 2.75) is 20.3 Å². The minimum Gasteiger partial charge on any atom is -0.550 e. The number of hydrogen-bond acceptors (Lipinski definition) is 2. The zero-order valence-corrected chi connectivity index (χ0v) is 8.10. The predicted molar refractivity (Wildman–Crippen MR) is 26.9 cm³/mol. The van der Waals surface area contributed by atoms with E-state index in [2.05, 4.69) is 0 Å². The molecule has 0 saturated heterocycles. The van der Waals surface area contributed by atoms with Crippen molar-refractivity contribution >= 4 is 5.97 Å². The molecule has 0 aromatic carbocycles. The fraction of sp³-hybridized carbons (Fsp3) is 0.833. The van der Waals surface area contributed by atoms with E-state index in [9.17, 15) is 9.90 Å². The molecule has 1 aliphatic carbocycles. The molecule has 0 heterocycles. The van der Waals surface area contributed by atoms with Gasteiger partial charge in [-0.15, -0.1) is 0 Å². The average Bonchev–Trinajstić information content (AvgIpc) is 2.17. The maximum Gasteiger partial charge on any atom is 1.00 e. The van der Waals surface area contributed by atoms with Crippen LogP contribution in [0.3, 0.4) is 0 Å². The Morgan fingerprint density at radius 2 is 2.11 bits per heavy atom. The Labute approximate surface area is 76.9 Å². The predicted octanol–water partition coefficient (Wildman–Crippen LogP) is -3.21. The summed E-state index contributed by atoms with van der Waals surface area (Å²) in [5, 5.41) is 10.2. The quantitative estimate of drug-likeness (QED) is 0.356. The molecule has 0 N–H and O–H groups in total. The molecule has 2 unspecified atom stereocenters. The third-order valence-corrected chi connectivity index (χ3v) is 2.12. The average molecular weight is 136 g/mol. The van der Waals surface area contributed by atoms with Gasteiger partial charge in [0.05, 0.1) is 0 Å². The number of carboxylic acids is 1. The molecule has 3 heteroatoms. The molecule has 1 aliphatic rings. The van der Waals surface area contributed by atoms with E-state index in [1.165, 1.54) is 0 Å². The molecule has 2 nitrogen and oxygen atoms in total. The Bertz CT molecular complexity index is 135.